The molecular weight excluding hydrogens is 234 g/mol. The summed E-state index contributed by atoms with van der Waals surface area (Å²) in [5, 5.41) is 11.5. The summed E-state index contributed by atoms with van der Waals surface area (Å²) in [5.41, 5.74) is 0. The minimum absolute atomic E-state index is 0.0655. The third-order valence-electron chi connectivity index (χ3n) is 2.92. The molecule has 0 rings (SSSR count). The topological polar surface area (TPSA) is 75.6 Å². The summed E-state index contributed by atoms with van der Waals surface area (Å²) >= 11 is 0. The normalized spacial score (nSPS) is 13.9. The van der Waals surface area contributed by atoms with E-state index in [1.165, 1.54) is 0 Å². The number of hydrogen-bond acceptors (Lipinski definition) is 3. The van der Waals surface area contributed by atoms with Gasteiger partial charge in [0.05, 0.1) is 0 Å². The Bertz CT molecular complexity index is 255. The third-order valence-corrected chi connectivity index (χ3v) is 2.92. The molecule has 0 saturated carbocycles. The highest BCUT2D eigenvalue weighted by Gasteiger charge is 2.24. The second-order valence-electron chi connectivity index (χ2n) is 4.53. The SMILES string of the molecule is CCCCCOCC(=O)NC(C(=O)O)C(C)CC. The highest BCUT2D eigenvalue weighted by atomic mass is 16.5. The first-order chi connectivity index (χ1) is 8.52. The number of nitrogens with one attached hydrogen (secondary N) is 1. The fourth-order valence-corrected chi connectivity index (χ4v) is 1.52. The van der Waals surface area contributed by atoms with Crippen LogP contribution in [0, 0.1) is 5.92 Å². The molecule has 0 aliphatic rings. The second-order valence-corrected chi connectivity index (χ2v) is 4.53. The van der Waals surface area contributed by atoms with Crippen LogP contribution in [0.15, 0.2) is 0 Å². The molecule has 0 aliphatic carbocycles. The Morgan fingerprint density at radius 2 is 1.94 bits per heavy atom. The maximum absolute atomic E-state index is 11.5. The molecular formula is C13H25NO4. The second kappa shape index (κ2) is 9.88. The van der Waals surface area contributed by atoms with Crippen molar-refractivity contribution < 1.29 is 19.4 Å². The summed E-state index contributed by atoms with van der Waals surface area (Å²) in [6.45, 7) is 6.28. The molecule has 0 fully saturated rings. The smallest absolute Gasteiger partial charge is 0.326 e. The molecule has 0 aromatic carbocycles. The van der Waals surface area contributed by atoms with Crippen molar-refractivity contribution in [2.45, 2.75) is 52.5 Å². The molecule has 0 aromatic rings. The van der Waals surface area contributed by atoms with E-state index in [0.29, 0.717) is 13.0 Å². The highest BCUT2D eigenvalue weighted by molar-refractivity contribution is 5.84. The molecule has 5 nitrogen and oxygen atoms in total. The molecule has 0 heterocycles. The number of carbonyl (C=O) groups excluding carboxylic acids is 1. The highest BCUT2D eigenvalue weighted by Crippen LogP contribution is 2.07. The molecule has 2 N–H and O–H groups in total. The molecule has 0 spiro atoms. The molecule has 1 amide bonds. The maximum atomic E-state index is 11.5. The summed E-state index contributed by atoms with van der Waals surface area (Å²) in [6.07, 6.45) is 3.81. The van der Waals surface area contributed by atoms with Crippen LogP contribution in [0.5, 0.6) is 0 Å². The van der Waals surface area contributed by atoms with E-state index in [1.807, 2.05) is 6.92 Å². The van der Waals surface area contributed by atoms with Crippen LogP contribution < -0.4 is 5.32 Å². The molecule has 2 unspecified atom stereocenters. The van der Waals surface area contributed by atoms with Gasteiger partial charge >= 0.3 is 5.97 Å². The van der Waals surface area contributed by atoms with Crippen LogP contribution in [0.3, 0.4) is 0 Å². The summed E-state index contributed by atoms with van der Waals surface area (Å²) in [7, 11) is 0. The van der Waals surface area contributed by atoms with Gasteiger partial charge in [0.1, 0.15) is 12.6 Å². The van der Waals surface area contributed by atoms with E-state index in [9.17, 15) is 9.59 Å². The number of hydrogen-bond donors (Lipinski definition) is 2. The first kappa shape index (κ1) is 16.9. The van der Waals surface area contributed by atoms with Gasteiger partial charge in [-0.1, -0.05) is 40.0 Å². The zero-order chi connectivity index (χ0) is 14.0. The Kier molecular flexibility index (Phi) is 9.28. The first-order valence-electron chi connectivity index (χ1n) is 6.62. The van der Waals surface area contributed by atoms with Crippen LogP contribution in [-0.2, 0) is 14.3 Å². The number of amides is 1. The molecule has 0 radical (unpaired) electrons. The Morgan fingerprint density at radius 3 is 2.44 bits per heavy atom. The van der Waals surface area contributed by atoms with E-state index >= 15 is 0 Å². The van der Waals surface area contributed by atoms with Gasteiger partial charge in [0, 0.05) is 6.61 Å². The molecule has 0 aliphatic heterocycles. The first-order valence-corrected chi connectivity index (χ1v) is 6.62. The van der Waals surface area contributed by atoms with E-state index in [2.05, 4.69) is 12.2 Å². The van der Waals surface area contributed by atoms with Crippen LogP contribution in [0.25, 0.3) is 0 Å². The lowest BCUT2D eigenvalue weighted by molar-refractivity contribution is -0.144. The molecule has 0 aromatic heterocycles. The molecule has 0 bridgehead atoms. The summed E-state index contributed by atoms with van der Waals surface area (Å²) in [6, 6.07) is -0.832. The van der Waals surface area contributed by atoms with Crippen molar-refractivity contribution in [3.63, 3.8) is 0 Å². The number of ether oxygens (including phenoxy) is 1. The Morgan fingerprint density at radius 1 is 1.28 bits per heavy atom. The van der Waals surface area contributed by atoms with Crippen molar-refractivity contribution >= 4 is 11.9 Å². The van der Waals surface area contributed by atoms with Gasteiger partial charge in [-0.2, -0.15) is 0 Å². The fraction of sp³-hybridized carbons (Fsp3) is 0.846. The van der Waals surface area contributed by atoms with Crippen LogP contribution in [0.4, 0.5) is 0 Å². The van der Waals surface area contributed by atoms with Gasteiger partial charge in [0.2, 0.25) is 5.91 Å². The summed E-state index contributed by atoms with van der Waals surface area (Å²) in [4.78, 5) is 22.5. The third kappa shape index (κ3) is 7.27. The zero-order valence-corrected chi connectivity index (χ0v) is 11.6. The lowest BCUT2D eigenvalue weighted by atomic mass is 9.99. The molecule has 18 heavy (non-hydrogen) atoms. The lowest BCUT2D eigenvalue weighted by Crippen LogP contribution is -2.46. The minimum Gasteiger partial charge on any atom is -0.480 e. The average Bonchev–Trinajstić information content (AvgIpc) is 2.34. The van der Waals surface area contributed by atoms with E-state index < -0.39 is 12.0 Å². The van der Waals surface area contributed by atoms with Gasteiger partial charge in [0.15, 0.2) is 0 Å². The zero-order valence-electron chi connectivity index (χ0n) is 11.6. The number of rotatable bonds is 10. The predicted molar refractivity (Wildman–Crippen MR) is 69.4 cm³/mol. The van der Waals surface area contributed by atoms with Crippen molar-refractivity contribution in [2.24, 2.45) is 5.92 Å². The number of aliphatic carboxylic acids is 1. The van der Waals surface area contributed by atoms with Gasteiger partial charge in [-0.15, -0.1) is 0 Å². The number of carboxylic acid groups (broad SMARTS) is 1. The van der Waals surface area contributed by atoms with Gasteiger partial charge < -0.3 is 15.2 Å². The van der Waals surface area contributed by atoms with E-state index in [4.69, 9.17) is 9.84 Å². The lowest BCUT2D eigenvalue weighted by Gasteiger charge is -2.20. The van der Waals surface area contributed by atoms with Crippen molar-refractivity contribution in [3.05, 3.63) is 0 Å². The molecule has 2 atom stereocenters. The van der Waals surface area contributed by atoms with Gasteiger partial charge in [-0.05, 0) is 12.3 Å². The van der Waals surface area contributed by atoms with Gasteiger partial charge in [-0.3, -0.25) is 4.79 Å². The van der Waals surface area contributed by atoms with E-state index in [1.54, 1.807) is 6.92 Å². The van der Waals surface area contributed by atoms with E-state index in [0.717, 1.165) is 19.3 Å². The van der Waals surface area contributed by atoms with Crippen LogP contribution in [0.1, 0.15) is 46.5 Å². The van der Waals surface area contributed by atoms with Crippen molar-refractivity contribution in [1.82, 2.24) is 5.32 Å². The largest absolute Gasteiger partial charge is 0.480 e. The van der Waals surface area contributed by atoms with Gasteiger partial charge in [-0.25, -0.2) is 4.79 Å². The van der Waals surface area contributed by atoms with Crippen LogP contribution >= 0.6 is 0 Å². The predicted octanol–water partition coefficient (Wildman–Crippen LogP) is 1.81. The Balaban J connectivity index is 3.92. The van der Waals surface area contributed by atoms with E-state index in [-0.39, 0.29) is 18.4 Å². The number of unbranched alkanes of at least 4 members (excludes halogenated alkanes) is 2. The van der Waals surface area contributed by atoms with Crippen molar-refractivity contribution in [2.75, 3.05) is 13.2 Å². The van der Waals surface area contributed by atoms with Crippen molar-refractivity contribution in [1.29, 1.82) is 0 Å². The van der Waals surface area contributed by atoms with Crippen LogP contribution in [0.2, 0.25) is 0 Å². The quantitative estimate of drug-likeness (QED) is 0.587. The monoisotopic (exact) mass is 259 g/mol. The average molecular weight is 259 g/mol. The Hall–Kier alpha value is -1.10. The van der Waals surface area contributed by atoms with Crippen molar-refractivity contribution in [3.8, 4) is 0 Å². The standard InChI is InChI=1S/C13H25NO4/c1-4-6-7-8-18-9-11(15)14-12(13(16)17)10(3)5-2/h10,12H,4-9H2,1-3H3,(H,14,15)(H,16,17). The summed E-state index contributed by atoms with van der Waals surface area (Å²) in [5.74, 6) is -1.45. The van der Waals surface area contributed by atoms with Gasteiger partial charge in [0.25, 0.3) is 0 Å². The molecule has 106 valence electrons. The molecule has 0 saturated heterocycles. The maximum Gasteiger partial charge on any atom is 0.326 e. The number of carbonyl (C=O) groups is 2. The Labute approximate surface area is 109 Å². The van der Waals surface area contributed by atoms with Crippen LogP contribution in [-0.4, -0.2) is 36.2 Å². The summed E-state index contributed by atoms with van der Waals surface area (Å²) < 4.78 is 5.19. The minimum atomic E-state index is -0.997. The fourth-order valence-electron chi connectivity index (χ4n) is 1.52. The number of carboxylic acids is 1. The molecule has 5 heteroatoms.